The number of hydrogen-bond donors (Lipinski definition) is 4. The molecule has 0 aromatic carbocycles. The Morgan fingerprint density at radius 2 is 2.04 bits per heavy atom. The van der Waals surface area contributed by atoms with E-state index in [0.29, 0.717) is 0 Å². The molecule has 3 aliphatic rings. The topological polar surface area (TPSA) is 174 Å². The van der Waals surface area contributed by atoms with Gasteiger partial charge >= 0.3 is 7.82 Å². The van der Waals surface area contributed by atoms with Gasteiger partial charge in [-0.2, -0.15) is 4.99 Å². The van der Waals surface area contributed by atoms with Crippen LogP contribution in [0, 0.1) is 0 Å². The molecule has 3 rings (SSSR count). The number of aliphatic hydroxyl groups excluding tert-OH is 2. The zero-order valence-corrected chi connectivity index (χ0v) is 16.4. The molecule has 1 amide bonds. The standard InChI is InChI=1S/C10H13N4O8P.K/c15-6-4(1-21-23(18,19)20)22-10(7(6)16)14-3-13-5-8(14)11-2-12-9(5)17;/h2-7,10,15-16H,1H2,(H2,18,19,20);/t4-,5?,6-,7-,10-;/m1./s1. The van der Waals surface area contributed by atoms with Crippen LogP contribution in [0.15, 0.2) is 15.0 Å². The summed E-state index contributed by atoms with van der Waals surface area (Å²) in [5.41, 5.74) is 0. The number of nitrogens with zero attached hydrogens (tertiary/aromatic N) is 4. The maximum atomic E-state index is 11.6. The van der Waals surface area contributed by atoms with Crippen molar-refractivity contribution in [2.24, 2.45) is 15.0 Å². The van der Waals surface area contributed by atoms with Crippen molar-refractivity contribution < 1.29 is 38.6 Å². The molecular weight excluding hydrogens is 374 g/mol. The first-order valence-corrected chi connectivity index (χ1v) is 7.98. The summed E-state index contributed by atoms with van der Waals surface area (Å²) in [7, 11) is -4.74. The summed E-state index contributed by atoms with van der Waals surface area (Å²) in [6.45, 7) is -0.625. The molecule has 3 heterocycles. The van der Waals surface area contributed by atoms with Gasteiger partial charge in [0.2, 0.25) is 0 Å². The van der Waals surface area contributed by atoms with Crippen molar-refractivity contribution in [1.82, 2.24) is 4.90 Å². The van der Waals surface area contributed by atoms with Crippen LogP contribution in [-0.2, 0) is 18.6 Å². The molecule has 1 fully saturated rings. The molecule has 4 N–H and O–H groups in total. The fourth-order valence-electron chi connectivity index (χ4n) is 2.40. The summed E-state index contributed by atoms with van der Waals surface area (Å²) in [5, 5.41) is 20.0. The first-order valence-electron chi connectivity index (χ1n) is 6.45. The number of aliphatic imine (C=N–C) groups is 3. The molecule has 12 nitrogen and oxygen atoms in total. The van der Waals surface area contributed by atoms with Crippen molar-refractivity contribution in [3.05, 3.63) is 0 Å². The zero-order chi connectivity index (χ0) is 16.8. The minimum absolute atomic E-state index is 0. The Morgan fingerprint density at radius 1 is 1.33 bits per heavy atom. The summed E-state index contributed by atoms with van der Waals surface area (Å²) in [6, 6.07) is -0.932. The van der Waals surface area contributed by atoms with Crippen LogP contribution >= 0.6 is 7.82 Å². The number of phosphoric acid groups is 1. The molecule has 3 aliphatic heterocycles. The van der Waals surface area contributed by atoms with Crippen molar-refractivity contribution in [2.75, 3.05) is 6.61 Å². The Kier molecular flexibility index (Phi) is 6.62. The van der Waals surface area contributed by atoms with Crippen LogP contribution in [0.25, 0.3) is 0 Å². The van der Waals surface area contributed by atoms with Gasteiger partial charge in [-0.05, 0) is 0 Å². The van der Waals surface area contributed by atoms with Crippen LogP contribution < -0.4 is 0 Å². The number of carbonyl (C=O) groups excluding carboxylic acids is 1. The van der Waals surface area contributed by atoms with Crippen molar-refractivity contribution in [3.8, 4) is 0 Å². The Labute approximate surface area is 177 Å². The number of ether oxygens (including phenoxy) is 1. The maximum Gasteiger partial charge on any atom is 0.469 e. The maximum absolute atomic E-state index is 11.6. The van der Waals surface area contributed by atoms with Gasteiger partial charge in [-0.3, -0.25) is 19.2 Å². The van der Waals surface area contributed by atoms with Crippen LogP contribution in [0.3, 0.4) is 0 Å². The smallest absolute Gasteiger partial charge is 0.387 e. The summed E-state index contributed by atoms with van der Waals surface area (Å²) < 4.78 is 20.4. The quantitative estimate of drug-likeness (QED) is 0.287. The van der Waals surface area contributed by atoms with Crippen molar-refractivity contribution in [1.29, 1.82) is 0 Å². The van der Waals surface area contributed by atoms with Gasteiger partial charge in [0.05, 0.1) is 12.9 Å². The summed E-state index contributed by atoms with van der Waals surface area (Å²) in [5.74, 6) is -0.346. The van der Waals surface area contributed by atoms with Gasteiger partial charge in [0.25, 0.3) is 5.91 Å². The number of amidine groups is 1. The van der Waals surface area contributed by atoms with Crippen molar-refractivity contribution in [3.63, 3.8) is 0 Å². The van der Waals surface area contributed by atoms with E-state index >= 15 is 0 Å². The number of fused-ring (bicyclic) bond motifs is 1. The molecule has 0 aromatic rings. The van der Waals surface area contributed by atoms with Crippen molar-refractivity contribution in [2.45, 2.75) is 30.6 Å². The molecule has 24 heavy (non-hydrogen) atoms. The van der Waals surface area contributed by atoms with Gasteiger partial charge in [0.1, 0.15) is 30.5 Å². The molecule has 1 unspecified atom stereocenters. The van der Waals surface area contributed by atoms with Gasteiger partial charge < -0.3 is 24.7 Å². The minimum Gasteiger partial charge on any atom is -0.387 e. The molecule has 0 saturated carbocycles. The third-order valence-electron chi connectivity index (χ3n) is 3.48. The Morgan fingerprint density at radius 3 is 2.71 bits per heavy atom. The van der Waals surface area contributed by atoms with E-state index in [1.165, 1.54) is 11.2 Å². The molecule has 1 radical (unpaired) electrons. The number of hydrogen-bond acceptors (Lipinski definition) is 9. The van der Waals surface area contributed by atoms with Gasteiger partial charge in [0, 0.05) is 51.4 Å². The second-order valence-electron chi connectivity index (χ2n) is 4.98. The van der Waals surface area contributed by atoms with E-state index in [1.807, 2.05) is 0 Å². The number of aliphatic hydroxyl groups is 2. The third-order valence-corrected chi connectivity index (χ3v) is 3.96. The van der Waals surface area contributed by atoms with Gasteiger partial charge in [-0.15, -0.1) is 0 Å². The van der Waals surface area contributed by atoms with Crippen LogP contribution in [-0.4, -0.2) is 138 Å². The van der Waals surface area contributed by atoms with E-state index in [0.717, 1.165) is 6.34 Å². The van der Waals surface area contributed by atoms with Crippen LogP contribution in [0.4, 0.5) is 0 Å². The predicted molar refractivity (Wildman–Crippen MR) is 79.5 cm³/mol. The number of carbonyl (C=O) groups is 1. The Hall–Kier alpha value is 0.106. The summed E-state index contributed by atoms with van der Waals surface area (Å²) in [4.78, 5) is 41.5. The van der Waals surface area contributed by atoms with Crippen LogP contribution in [0.2, 0.25) is 0 Å². The van der Waals surface area contributed by atoms with E-state index in [-0.39, 0.29) is 57.2 Å². The number of amides is 1. The second-order valence-corrected chi connectivity index (χ2v) is 6.22. The minimum atomic E-state index is -4.74. The third kappa shape index (κ3) is 4.08. The monoisotopic (exact) mass is 387 g/mol. The SMILES string of the molecule is O=C1N=CN=C2C1N=CN2[C@@H]1O[C@H](COP(=O)(O)O)[C@@H](O)[C@H]1O.[K]. The fourth-order valence-corrected chi connectivity index (χ4v) is 2.74. The van der Waals surface area contributed by atoms with E-state index in [4.69, 9.17) is 14.5 Å². The van der Waals surface area contributed by atoms with E-state index in [1.54, 1.807) is 0 Å². The largest absolute Gasteiger partial charge is 0.469 e. The Bertz CT molecular complexity index is 651. The molecule has 0 spiro atoms. The molecule has 0 aliphatic carbocycles. The van der Waals surface area contributed by atoms with E-state index in [2.05, 4.69) is 19.5 Å². The summed E-state index contributed by atoms with van der Waals surface area (Å²) >= 11 is 0. The molecule has 127 valence electrons. The average Bonchev–Trinajstić information content (AvgIpc) is 3.01. The van der Waals surface area contributed by atoms with Crippen LogP contribution in [0.1, 0.15) is 0 Å². The summed E-state index contributed by atoms with van der Waals surface area (Å²) in [6.07, 6.45) is -2.93. The first kappa shape index (κ1) is 20.4. The van der Waals surface area contributed by atoms with Crippen LogP contribution in [0.5, 0.6) is 0 Å². The average molecular weight is 387 g/mol. The Balaban J connectivity index is 0.00000208. The van der Waals surface area contributed by atoms with E-state index in [9.17, 15) is 19.6 Å². The number of phosphoric ester groups is 1. The predicted octanol–water partition coefficient (Wildman–Crippen LogP) is -3.16. The molecule has 5 atom stereocenters. The molecular formula is C10H13KN4O8P. The van der Waals surface area contributed by atoms with Gasteiger partial charge in [-0.1, -0.05) is 0 Å². The van der Waals surface area contributed by atoms with Crippen molar-refractivity contribution >= 4 is 83.6 Å². The molecule has 1 saturated heterocycles. The van der Waals surface area contributed by atoms with E-state index < -0.39 is 50.9 Å². The second kappa shape index (κ2) is 7.78. The molecule has 14 heteroatoms. The van der Waals surface area contributed by atoms with Gasteiger partial charge in [-0.25, -0.2) is 9.56 Å². The number of rotatable bonds is 4. The first-order chi connectivity index (χ1) is 10.8. The molecule has 0 aromatic heterocycles. The zero-order valence-electron chi connectivity index (χ0n) is 12.4. The van der Waals surface area contributed by atoms with Gasteiger partial charge in [0.15, 0.2) is 12.3 Å². The normalized spacial score (nSPS) is 35.0. The molecule has 0 bridgehead atoms. The fraction of sp³-hybridized carbons (Fsp3) is 0.600.